The molecule has 19 heavy (non-hydrogen) atoms. The Morgan fingerprint density at radius 2 is 2.05 bits per heavy atom. The van der Waals surface area contributed by atoms with Gasteiger partial charge in [0.15, 0.2) is 0 Å². The van der Waals surface area contributed by atoms with Crippen molar-refractivity contribution in [1.82, 2.24) is 5.32 Å². The maximum absolute atomic E-state index is 13.7. The molecule has 0 aliphatic carbocycles. The minimum Gasteiger partial charge on any atom is -0.396 e. The first-order valence-corrected chi connectivity index (χ1v) is 7.20. The third-order valence-corrected chi connectivity index (χ3v) is 4.11. The molecule has 0 fully saturated rings. The number of nitrogens with one attached hydrogen (secondary N) is 1. The molecule has 1 aromatic heterocycles. The van der Waals surface area contributed by atoms with Crippen LogP contribution in [0.4, 0.5) is 4.39 Å². The lowest BCUT2D eigenvalue weighted by atomic mass is 10.2. The van der Waals surface area contributed by atoms with Crippen LogP contribution in [0.5, 0.6) is 0 Å². The molecule has 102 valence electrons. The molecule has 1 aromatic carbocycles. The first-order chi connectivity index (χ1) is 9.20. The summed E-state index contributed by atoms with van der Waals surface area (Å²) in [5.74, 6) is -0.183. The van der Waals surface area contributed by atoms with Gasteiger partial charge in [0.25, 0.3) is 0 Å². The van der Waals surface area contributed by atoms with E-state index in [0.29, 0.717) is 5.56 Å². The van der Waals surface area contributed by atoms with Crippen molar-refractivity contribution in [3.63, 3.8) is 0 Å². The van der Waals surface area contributed by atoms with Crippen LogP contribution in [0.15, 0.2) is 36.4 Å². The van der Waals surface area contributed by atoms with Gasteiger partial charge in [0, 0.05) is 34.5 Å². The first kappa shape index (κ1) is 14.2. The SMILES string of the molecule is CC(CCO)NCc1ccc(-c2ccccc2F)s1. The Kier molecular flexibility index (Phi) is 5.07. The molecule has 4 heteroatoms. The van der Waals surface area contributed by atoms with Crippen molar-refractivity contribution in [2.24, 2.45) is 0 Å². The molecule has 0 aliphatic heterocycles. The van der Waals surface area contributed by atoms with E-state index in [0.717, 1.165) is 17.8 Å². The summed E-state index contributed by atoms with van der Waals surface area (Å²) in [4.78, 5) is 2.12. The first-order valence-electron chi connectivity index (χ1n) is 6.38. The summed E-state index contributed by atoms with van der Waals surface area (Å²) in [5.41, 5.74) is 0.655. The fourth-order valence-corrected chi connectivity index (χ4v) is 2.83. The molecule has 2 N–H and O–H groups in total. The number of hydrogen-bond acceptors (Lipinski definition) is 3. The molecule has 0 saturated heterocycles. The van der Waals surface area contributed by atoms with Crippen molar-refractivity contribution in [3.8, 4) is 10.4 Å². The average molecular weight is 279 g/mol. The van der Waals surface area contributed by atoms with Gasteiger partial charge in [0.05, 0.1) is 0 Å². The normalized spacial score (nSPS) is 12.6. The van der Waals surface area contributed by atoms with E-state index in [1.165, 1.54) is 10.9 Å². The fourth-order valence-electron chi connectivity index (χ4n) is 1.85. The monoisotopic (exact) mass is 279 g/mol. The molecule has 2 rings (SSSR count). The van der Waals surface area contributed by atoms with Crippen LogP contribution in [0.1, 0.15) is 18.2 Å². The highest BCUT2D eigenvalue weighted by Crippen LogP contribution is 2.29. The van der Waals surface area contributed by atoms with Gasteiger partial charge in [-0.2, -0.15) is 0 Å². The Labute approximate surface area is 116 Å². The topological polar surface area (TPSA) is 32.3 Å². The standard InChI is InChI=1S/C15H18FNOS/c1-11(8-9-18)17-10-12-6-7-15(19-12)13-4-2-3-5-14(13)16/h2-7,11,17-18H,8-10H2,1H3. The van der Waals surface area contributed by atoms with Crippen molar-refractivity contribution < 1.29 is 9.50 Å². The van der Waals surface area contributed by atoms with Crippen LogP contribution in [0, 0.1) is 5.82 Å². The van der Waals surface area contributed by atoms with E-state index >= 15 is 0 Å². The summed E-state index contributed by atoms with van der Waals surface area (Å²) in [7, 11) is 0. The van der Waals surface area contributed by atoms with Crippen LogP contribution in [-0.4, -0.2) is 17.8 Å². The smallest absolute Gasteiger partial charge is 0.131 e. The van der Waals surface area contributed by atoms with Crippen LogP contribution in [0.25, 0.3) is 10.4 Å². The van der Waals surface area contributed by atoms with E-state index in [4.69, 9.17) is 5.11 Å². The Balaban J connectivity index is 2.02. The van der Waals surface area contributed by atoms with Gasteiger partial charge >= 0.3 is 0 Å². The molecule has 0 amide bonds. The minimum absolute atomic E-state index is 0.183. The lowest BCUT2D eigenvalue weighted by Crippen LogP contribution is -2.25. The number of rotatable bonds is 6. The van der Waals surface area contributed by atoms with Crippen LogP contribution >= 0.6 is 11.3 Å². The average Bonchev–Trinajstić information content (AvgIpc) is 2.86. The van der Waals surface area contributed by atoms with Crippen molar-refractivity contribution in [2.75, 3.05) is 6.61 Å². The van der Waals surface area contributed by atoms with Crippen LogP contribution in [0.2, 0.25) is 0 Å². The zero-order chi connectivity index (χ0) is 13.7. The molecule has 1 atom stereocenters. The summed E-state index contributed by atoms with van der Waals surface area (Å²) in [6.45, 7) is 2.99. The quantitative estimate of drug-likeness (QED) is 0.849. The van der Waals surface area contributed by atoms with Gasteiger partial charge in [-0.3, -0.25) is 0 Å². The lowest BCUT2D eigenvalue weighted by Gasteiger charge is -2.10. The van der Waals surface area contributed by atoms with E-state index in [-0.39, 0.29) is 18.5 Å². The summed E-state index contributed by atoms with van der Waals surface area (Å²) < 4.78 is 13.7. The Hall–Kier alpha value is -1.23. The number of benzene rings is 1. The summed E-state index contributed by atoms with van der Waals surface area (Å²) in [6.07, 6.45) is 0.742. The predicted octanol–water partition coefficient (Wildman–Crippen LogP) is 3.41. The molecule has 2 aromatic rings. The van der Waals surface area contributed by atoms with Gasteiger partial charge in [-0.15, -0.1) is 11.3 Å². The Morgan fingerprint density at radius 3 is 2.79 bits per heavy atom. The summed E-state index contributed by atoms with van der Waals surface area (Å²) in [5, 5.41) is 12.2. The lowest BCUT2D eigenvalue weighted by molar-refractivity contribution is 0.269. The molecule has 1 unspecified atom stereocenters. The third kappa shape index (κ3) is 3.86. The van der Waals surface area contributed by atoms with Gasteiger partial charge in [0.2, 0.25) is 0 Å². The summed E-state index contributed by atoms with van der Waals surface area (Å²) >= 11 is 1.60. The number of aliphatic hydroxyl groups excluding tert-OH is 1. The minimum atomic E-state index is -0.183. The predicted molar refractivity (Wildman–Crippen MR) is 77.7 cm³/mol. The maximum atomic E-state index is 13.7. The highest BCUT2D eigenvalue weighted by molar-refractivity contribution is 7.15. The second kappa shape index (κ2) is 6.80. The molecule has 0 aliphatic rings. The van der Waals surface area contributed by atoms with Gasteiger partial charge in [-0.1, -0.05) is 18.2 Å². The number of aliphatic hydroxyl groups is 1. The second-order valence-electron chi connectivity index (χ2n) is 4.54. The van der Waals surface area contributed by atoms with Crippen molar-refractivity contribution in [3.05, 3.63) is 47.1 Å². The van der Waals surface area contributed by atoms with E-state index in [9.17, 15) is 4.39 Å². The molecule has 0 radical (unpaired) electrons. The van der Waals surface area contributed by atoms with Crippen LogP contribution in [-0.2, 0) is 6.54 Å². The van der Waals surface area contributed by atoms with E-state index in [1.807, 2.05) is 25.1 Å². The molecule has 0 saturated carbocycles. The van der Waals surface area contributed by atoms with Crippen molar-refractivity contribution in [2.45, 2.75) is 25.9 Å². The number of halogens is 1. The van der Waals surface area contributed by atoms with Crippen molar-refractivity contribution >= 4 is 11.3 Å². The van der Waals surface area contributed by atoms with E-state index in [2.05, 4.69) is 5.32 Å². The molecular formula is C15H18FNOS. The Bertz CT molecular complexity index is 526. The molecule has 0 bridgehead atoms. The van der Waals surface area contributed by atoms with E-state index in [1.54, 1.807) is 23.5 Å². The number of hydrogen-bond donors (Lipinski definition) is 2. The van der Waals surface area contributed by atoms with Gasteiger partial charge in [-0.25, -0.2) is 4.39 Å². The van der Waals surface area contributed by atoms with Crippen LogP contribution < -0.4 is 5.32 Å². The maximum Gasteiger partial charge on any atom is 0.131 e. The zero-order valence-electron chi connectivity index (χ0n) is 10.9. The fraction of sp³-hybridized carbons (Fsp3) is 0.333. The third-order valence-electron chi connectivity index (χ3n) is 2.99. The molecular weight excluding hydrogens is 261 g/mol. The highest BCUT2D eigenvalue weighted by atomic mass is 32.1. The molecule has 2 nitrogen and oxygen atoms in total. The van der Waals surface area contributed by atoms with Gasteiger partial charge in [0.1, 0.15) is 5.82 Å². The van der Waals surface area contributed by atoms with Crippen LogP contribution in [0.3, 0.4) is 0 Å². The molecule has 0 spiro atoms. The highest BCUT2D eigenvalue weighted by Gasteiger charge is 2.08. The van der Waals surface area contributed by atoms with Crippen molar-refractivity contribution in [1.29, 1.82) is 0 Å². The van der Waals surface area contributed by atoms with Gasteiger partial charge in [-0.05, 0) is 31.5 Å². The Morgan fingerprint density at radius 1 is 1.26 bits per heavy atom. The number of thiophene rings is 1. The second-order valence-corrected chi connectivity index (χ2v) is 5.71. The van der Waals surface area contributed by atoms with Gasteiger partial charge < -0.3 is 10.4 Å². The summed E-state index contributed by atoms with van der Waals surface area (Å²) in [6, 6.07) is 11.1. The largest absolute Gasteiger partial charge is 0.396 e. The van der Waals surface area contributed by atoms with E-state index < -0.39 is 0 Å². The molecule has 1 heterocycles. The zero-order valence-corrected chi connectivity index (χ0v) is 11.7.